The Kier molecular flexibility index (Phi) is 7.24. The van der Waals surface area contributed by atoms with Crippen molar-refractivity contribution in [3.8, 4) is 0 Å². The molecular formula is C18H26O2. The molecule has 0 unspecified atom stereocenters. The predicted octanol–water partition coefficient (Wildman–Crippen LogP) is 4.40. The third-order valence-corrected chi connectivity index (χ3v) is 3.65. The zero-order chi connectivity index (χ0) is 15.0. The van der Waals surface area contributed by atoms with E-state index in [4.69, 9.17) is 4.74 Å². The maximum atomic E-state index is 12.0. The molecule has 0 aromatic heterocycles. The zero-order valence-electron chi connectivity index (χ0n) is 13.0. The summed E-state index contributed by atoms with van der Waals surface area (Å²) in [6, 6.07) is 10.1. The van der Waals surface area contributed by atoms with Crippen LogP contribution in [-0.2, 0) is 16.1 Å². The second-order valence-corrected chi connectivity index (χ2v) is 5.25. The molecule has 20 heavy (non-hydrogen) atoms. The van der Waals surface area contributed by atoms with Crippen LogP contribution in [0.15, 0.2) is 42.5 Å². The van der Waals surface area contributed by atoms with Gasteiger partial charge in [-0.2, -0.15) is 0 Å². The van der Waals surface area contributed by atoms with E-state index in [-0.39, 0.29) is 23.7 Å². The molecule has 1 aromatic rings. The molecule has 0 radical (unpaired) electrons. The van der Waals surface area contributed by atoms with Gasteiger partial charge in [0.05, 0.1) is 12.7 Å². The second-order valence-electron chi connectivity index (χ2n) is 5.25. The lowest BCUT2D eigenvalue weighted by atomic mass is 9.89. The topological polar surface area (TPSA) is 26.3 Å². The summed E-state index contributed by atoms with van der Waals surface area (Å²) < 4.78 is 6.06. The van der Waals surface area contributed by atoms with Gasteiger partial charge in [0.25, 0.3) is 0 Å². The number of benzene rings is 1. The third kappa shape index (κ3) is 4.93. The van der Waals surface area contributed by atoms with Crippen LogP contribution < -0.4 is 0 Å². The molecule has 0 aliphatic rings. The van der Waals surface area contributed by atoms with Gasteiger partial charge in [-0.25, -0.2) is 0 Å². The Morgan fingerprint density at radius 3 is 2.45 bits per heavy atom. The molecule has 110 valence electrons. The molecular weight excluding hydrogens is 248 g/mol. The summed E-state index contributed by atoms with van der Waals surface area (Å²) in [5.41, 5.74) is 1.14. The van der Waals surface area contributed by atoms with Gasteiger partial charge in [0, 0.05) is 18.3 Å². The highest BCUT2D eigenvalue weighted by molar-refractivity contribution is 5.80. The maximum Gasteiger partial charge on any atom is 0.138 e. The molecule has 1 rings (SSSR count). The Hall–Kier alpha value is -1.41. The van der Waals surface area contributed by atoms with E-state index < -0.39 is 0 Å². The first kappa shape index (κ1) is 16.6. The van der Waals surface area contributed by atoms with Gasteiger partial charge >= 0.3 is 0 Å². The minimum Gasteiger partial charge on any atom is -0.372 e. The van der Waals surface area contributed by atoms with Crippen LogP contribution in [0.1, 0.15) is 39.7 Å². The number of Topliss-reactive ketones (excluding diaryl/α,β-unsaturated/α-hetero) is 1. The number of carbonyl (C=O) groups is 1. The molecule has 0 bridgehead atoms. The molecule has 0 fully saturated rings. The molecule has 1 aromatic carbocycles. The van der Waals surface area contributed by atoms with E-state index in [9.17, 15) is 4.79 Å². The molecule has 0 heterocycles. The minimum absolute atomic E-state index is 0.0705. The first-order chi connectivity index (χ1) is 9.60. The summed E-state index contributed by atoms with van der Waals surface area (Å²) in [5, 5.41) is 0. The normalized spacial score (nSPS) is 16.0. The van der Waals surface area contributed by atoms with Crippen molar-refractivity contribution < 1.29 is 9.53 Å². The number of carbonyl (C=O) groups excluding carboxylic acids is 1. The lowest BCUT2D eigenvalue weighted by Gasteiger charge is -2.27. The Morgan fingerprint density at radius 1 is 1.25 bits per heavy atom. The minimum atomic E-state index is -0.0742. The highest BCUT2D eigenvalue weighted by Gasteiger charge is 2.27. The van der Waals surface area contributed by atoms with E-state index in [1.165, 1.54) is 0 Å². The fourth-order valence-electron chi connectivity index (χ4n) is 2.44. The Labute approximate surface area is 122 Å². The van der Waals surface area contributed by atoms with E-state index in [1.807, 2.05) is 57.2 Å². The van der Waals surface area contributed by atoms with E-state index in [0.29, 0.717) is 13.0 Å². The summed E-state index contributed by atoms with van der Waals surface area (Å²) in [5.74, 6) is 0.420. The average molecular weight is 274 g/mol. The second kappa shape index (κ2) is 8.70. The van der Waals surface area contributed by atoms with Gasteiger partial charge in [-0.3, -0.25) is 4.79 Å². The van der Waals surface area contributed by atoms with Crippen molar-refractivity contribution in [1.82, 2.24) is 0 Å². The molecule has 0 spiro atoms. The van der Waals surface area contributed by atoms with E-state index in [1.54, 1.807) is 0 Å². The fraction of sp³-hybridized carbons (Fsp3) is 0.500. The molecule has 0 aliphatic heterocycles. The summed E-state index contributed by atoms with van der Waals surface area (Å²) in [7, 11) is 0. The van der Waals surface area contributed by atoms with Crippen molar-refractivity contribution in [3.05, 3.63) is 48.0 Å². The maximum absolute atomic E-state index is 12.0. The standard InChI is InChI=1S/C18H26O2/c1-5-10-14(3)18(15(4)17(19)6-2)20-13-16-11-8-7-9-12-16/h5,7-12,14-15,18H,6,13H2,1-4H3/b10-5+/t14-,15-,18-/m1/s1. The van der Waals surface area contributed by atoms with Crippen LogP contribution >= 0.6 is 0 Å². The van der Waals surface area contributed by atoms with Crippen LogP contribution in [0.3, 0.4) is 0 Å². The molecule has 0 saturated carbocycles. The number of hydrogen-bond donors (Lipinski definition) is 0. The van der Waals surface area contributed by atoms with E-state index >= 15 is 0 Å². The van der Waals surface area contributed by atoms with Crippen LogP contribution in [0.4, 0.5) is 0 Å². The number of rotatable bonds is 8. The Morgan fingerprint density at radius 2 is 1.90 bits per heavy atom. The summed E-state index contributed by atoms with van der Waals surface area (Å²) in [6.45, 7) is 8.54. The van der Waals surface area contributed by atoms with Gasteiger partial charge in [0.1, 0.15) is 5.78 Å². The van der Waals surface area contributed by atoms with Crippen molar-refractivity contribution in [1.29, 1.82) is 0 Å². The third-order valence-electron chi connectivity index (χ3n) is 3.65. The Bertz CT molecular complexity index is 422. The van der Waals surface area contributed by atoms with E-state index in [0.717, 1.165) is 5.56 Å². The monoisotopic (exact) mass is 274 g/mol. The van der Waals surface area contributed by atoms with Gasteiger partial charge in [-0.05, 0) is 12.5 Å². The van der Waals surface area contributed by atoms with Gasteiger partial charge in [0.15, 0.2) is 0 Å². The highest BCUT2D eigenvalue weighted by atomic mass is 16.5. The van der Waals surface area contributed by atoms with Crippen molar-refractivity contribution in [2.45, 2.75) is 46.8 Å². The van der Waals surface area contributed by atoms with Gasteiger partial charge in [0.2, 0.25) is 0 Å². The smallest absolute Gasteiger partial charge is 0.138 e. The molecule has 2 nitrogen and oxygen atoms in total. The number of hydrogen-bond acceptors (Lipinski definition) is 2. The van der Waals surface area contributed by atoms with Crippen molar-refractivity contribution in [2.24, 2.45) is 11.8 Å². The summed E-state index contributed by atoms with van der Waals surface area (Å²) in [6.07, 6.45) is 4.62. The molecule has 0 saturated heterocycles. The van der Waals surface area contributed by atoms with Crippen LogP contribution in [0.5, 0.6) is 0 Å². The fourth-order valence-corrected chi connectivity index (χ4v) is 2.44. The van der Waals surface area contributed by atoms with Crippen LogP contribution in [0, 0.1) is 11.8 Å². The summed E-state index contributed by atoms with van der Waals surface area (Å²) >= 11 is 0. The van der Waals surface area contributed by atoms with E-state index in [2.05, 4.69) is 13.0 Å². The van der Waals surface area contributed by atoms with Crippen molar-refractivity contribution in [3.63, 3.8) is 0 Å². The van der Waals surface area contributed by atoms with Crippen LogP contribution in [-0.4, -0.2) is 11.9 Å². The zero-order valence-corrected chi connectivity index (χ0v) is 13.0. The first-order valence-corrected chi connectivity index (χ1v) is 7.41. The average Bonchev–Trinajstić information content (AvgIpc) is 2.47. The van der Waals surface area contributed by atoms with Crippen LogP contribution in [0.2, 0.25) is 0 Å². The SMILES string of the molecule is C/C=C/[C@@H](C)[C@@H](OCc1ccccc1)[C@H](C)C(=O)CC. The Balaban J connectivity index is 2.74. The van der Waals surface area contributed by atoms with Crippen molar-refractivity contribution in [2.75, 3.05) is 0 Å². The van der Waals surface area contributed by atoms with Crippen molar-refractivity contribution >= 4 is 5.78 Å². The molecule has 2 heteroatoms. The van der Waals surface area contributed by atoms with Gasteiger partial charge in [-0.1, -0.05) is 63.3 Å². The molecule has 3 atom stereocenters. The molecule has 0 N–H and O–H groups in total. The molecule has 0 amide bonds. The number of allylic oxidation sites excluding steroid dienone is 1. The quantitative estimate of drug-likeness (QED) is 0.657. The van der Waals surface area contributed by atoms with Gasteiger partial charge in [-0.15, -0.1) is 0 Å². The summed E-state index contributed by atoms with van der Waals surface area (Å²) in [4.78, 5) is 12.0. The highest BCUT2D eigenvalue weighted by Crippen LogP contribution is 2.22. The number of ether oxygens (including phenoxy) is 1. The largest absolute Gasteiger partial charge is 0.372 e. The van der Waals surface area contributed by atoms with Gasteiger partial charge < -0.3 is 4.74 Å². The first-order valence-electron chi connectivity index (χ1n) is 7.41. The molecule has 0 aliphatic carbocycles. The lowest BCUT2D eigenvalue weighted by Crippen LogP contribution is -2.33. The van der Waals surface area contributed by atoms with Crippen LogP contribution in [0.25, 0.3) is 0 Å². The number of ketones is 1. The predicted molar refractivity (Wildman–Crippen MR) is 83.5 cm³/mol. The lowest BCUT2D eigenvalue weighted by molar-refractivity contribution is -0.129.